The van der Waals surface area contributed by atoms with Gasteiger partial charge >= 0.3 is 0 Å². The Bertz CT molecular complexity index is 513. The highest BCUT2D eigenvalue weighted by Gasteiger charge is 2.18. The highest BCUT2D eigenvalue weighted by Crippen LogP contribution is 2.19. The number of rotatable bonds is 3. The first-order chi connectivity index (χ1) is 7.96. The molecule has 0 spiro atoms. The van der Waals surface area contributed by atoms with Crippen LogP contribution in [0.25, 0.3) is 11.4 Å². The molecule has 90 valence electrons. The van der Waals surface area contributed by atoms with Gasteiger partial charge in [0.25, 0.3) is 0 Å². The van der Waals surface area contributed by atoms with Crippen LogP contribution in [0.15, 0.2) is 23.0 Å². The van der Waals surface area contributed by atoms with E-state index in [-0.39, 0.29) is 5.54 Å². The van der Waals surface area contributed by atoms with E-state index in [9.17, 15) is 0 Å². The highest BCUT2D eigenvalue weighted by molar-refractivity contribution is 5.57. The molecule has 0 saturated carbocycles. The first-order valence-electron chi connectivity index (χ1n) is 5.48. The minimum Gasteiger partial charge on any atom is -0.339 e. The van der Waals surface area contributed by atoms with Crippen molar-refractivity contribution in [1.29, 1.82) is 0 Å². The summed E-state index contributed by atoms with van der Waals surface area (Å²) in [5.41, 5.74) is 7.51. The second-order valence-corrected chi connectivity index (χ2v) is 4.87. The fourth-order valence-corrected chi connectivity index (χ4v) is 1.52. The predicted octanol–water partition coefficient (Wildman–Crippen LogP) is 1.72. The summed E-state index contributed by atoms with van der Waals surface area (Å²) in [6, 6.07) is 1.91. The van der Waals surface area contributed by atoms with Crippen molar-refractivity contribution in [1.82, 2.24) is 15.1 Å². The maximum Gasteiger partial charge on any atom is 0.228 e. The molecule has 2 aromatic rings. The molecule has 0 fully saturated rings. The number of nitrogens with two attached hydrogens (primary N) is 1. The van der Waals surface area contributed by atoms with Gasteiger partial charge in [-0.2, -0.15) is 4.98 Å². The Morgan fingerprint density at radius 1 is 1.41 bits per heavy atom. The molecule has 0 aliphatic heterocycles. The van der Waals surface area contributed by atoms with Gasteiger partial charge in [0.15, 0.2) is 0 Å². The van der Waals surface area contributed by atoms with Crippen molar-refractivity contribution in [3.63, 3.8) is 0 Å². The van der Waals surface area contributed by atoms with Crippen molar-refractivity contribution in [2.75, 3.05) is 0 Å². The van der Waals surface area contributed by atoms with Crippen LogP contribution in [0.4, 0.5) is 0 Å². The van der Waals surface area contributed by atoms with E-state index >= 15 is 0 Å². The SMILES string of the molecule is Cc1ccncc1-c1noc(CC(C)(C)N)n1. The summed E-state index contributed by atoms with van der Waals surface area (Å²) in [4.78, 5) is 8.39. The second kappa shape index (κ2) is 4.25. The second-order valence-electron chi connectivity index (χ2n) is 4.87. The van der Waals surface area contributed by atoms with Crippen molar-refractivity contribution in [2.24, 2.45) is 5.73 Å². The maximum absolute atomic E-state index is 5.91. The number of hydrogen-bond acceptors (Lipinski definition) is 5. The minimum absolute atomic E-state index is 0.353. The maximum atomic E-state index is 5.91. The van der Waals surface area contributed by atoms with Gasteiger partial charge in [-0.05, 0) is 32.4 Å². The van der Waals surface area contributed by atoms with Crippen LogP contribution in [0.3, 0.4) is 0 Å². The first kappa shape index (κ1) is 11.7. The standard InChI is InChI=1S/C12H16N4O/c1-8-4-5-14-7-9(8)11-15-10(17-16-11)6-12(2,3)13/h4-5,7H,6,13H2,1-3H3. The average molecular weight is 232 g/mol. The fraction of sp³-hybridized carbons (Fsp3) is 0.417. The molecule has 2 rings (SSSR count). The van der Waals surface area contributed by atoms with Crippen LogP contribution >= 0.6 is 0 Å². The zero-order chi connectivity index (χ0) is 12.5. The van der Waals surface area contributed by atoms with Crippen LogP contribution in [0.2, 0.25) is 0 Å². The summed E-state index contributed by atoms with van der Waals surface area (Å²) in [5.74, 6) is 1.12. The van der Waals surface area contributed by atoms with E-state index in [2.05, 4.69) is 15.1 Å². The largest absolute Gasteiger partial charge is 0.339 e. The third-order valence-corrected chi connectivity index (χ3v) is 2.35. The molecule has 0 aliphatic carbocycles. The summed E-state index contributed by atoms with van der Waals surface area (Å²) >= 11 is 0. The molecule has 0 saturated heterocycles. The Morgan fingerprint density at radius 2 is 2.18 bits per heavy atom. The Morgan fingerprint density at radius 3 is 2.82 bits per heavy atom. The molecule has 0 aliphatic rings. The van der Waals surface area contributed by atoms with Crippen molar-refractivity contribution in [2.45, 2.75) is 32.7 Å². The lowest BCUT2D eigenvalue weighted by atomic mass is 10.0. The van der Waals surface area contributed by atoms with E-state index in [0.717, 1.165) is 11.1 Å². The molecule has 5 heteroatoms. The van der Waals surface area contributed by atoms with Crippen molar-refractivity contribution >= 4 is 0 Å². The smallest absolute Gasteiger partial charge is 0.228 e. The van der Waals surface area contributed by atoms with Crippen LogP contribution in [0, 0.1) is 6.92 Å². The lowest BCUT2D eigenvalue weighted by molar-refractivity contribution is 0.348. The molecule has 17 heavy (non-hydrogen) atoms. The van der Waals surface area contributed by atoms with Crippen LogP contribution in [-0.4, -0.2) is 20.7 Å². The monoisotopic (exact) mass is 232 g/mol. The topological polar surface area (TPSA) is 77.8 Å². The lowest BCUT2D eigenvalue weighted by Crippen LogP contribution is -2.34. The van der Waals surface area contributed by atoms with E-state index in [1.54, 1.807) is 12.4 Å². The van der Waals surface area contributed by atoms with Gasteiger partial charge in [-0.25, -0.2) is 0 Å². The van der Waals surface area contributed by atoms with E-state index in [1.165, 1.54) is 0 Å². The van der Waals surface area contributed by atoms with Crippen molar-refractivity contribution < 1.29 is 4.52 Å². The Kier molecular flexibility index (Phi) is 2.93. The third kappa shape index (κ3) is 2.88. The molecular weight excluding hydrogens is 216 g/mol. The summed E-state index contributed by atoms with van der Waals surface area (Å²) in [6.07, 6.45) is 4.03. The molecule has 0 aromatic carbocycles. The molecule has 0 unspecified atom stereocenters. The molecule has 2 N–H and O–H groups in total. The van der Waals surface area contributed by atoms with Gasteiger partial charge in [0.1, 0.15) is 0 Å². The number of aryl methyl sites for hydroxylation is 1. The van der Waals surface area contributed by atoms with Crippen LogP contribution < -0.4 is 5.73 Å². The van der Waals surface area contributed by atoms with Gasteiger partial charge in [0.05, 0.1) is 0 Å². The summed E-state index contributed by atoms with van der Waals surface area (Å²) < 4.78 is 5.18. The molecule has 0 amide bonds. The van der Waals surface area contributed by atoms with Gasteiger partial charge < -0.3 is 10.3 Å². The Balaban J connectivity index is 2.28. The van der Waals surface area contributed by atoms with Gasteiger partial charge in [0.2, 0.25) is 11.7 Å². The predicted molar refractivity (Wildman–Crippen MR) is 64.2 cm³/mol. The molecule has 2 heterocycles. The van der Waals surface area contributed by atoms with Crippen LogP contribution in [0.5, 0.6) is 0 Å². The van der Waals surface area contributed by atoms with Gasteiger partial charge in [-0.1, -0.05) is 5.16 Å². The minimum atomic E-state index is -0.353. The fourth-order valence-electron chi connectivity index (χ4n) is 1.52. The summed E-state index contributed by atoms with van der Waals surface area (Å²) in [5, 5.41) is 3.95. The average Bonchev–Trinajstić information content (AvgIpc) is 2.64. The third-order valence-electron chi connectivity index (χ3n) is 2.35. The van der Waals surface area contributed by atoms with E-state index in [0.29, 0.717) is 18.1 Å². The number of pyridine rings is 1. The highest BCUT2D eigenvalue weighted by atomic mass is 16.5. The normalized spacial score (nSPS) is 11.8. The summed E-state index contributed by atoms with van der Waals surface area (Å²) in [6.45, 7) is 5.83. The van der Waals surface area contributed by atoms with Gasteiger partial charge in [0, 0.05) is 29.9 Å². The van der Waals surface area contributed by atoms with Crippen molar-refractivity contribution in [3.8, 4) is 11.4 Å². The molecule has 0 bridgehead atoms. The number of hydrogen-bond donors (Lipinski definition) is 1. The molecular formula is C12H16N4O. The lowest BCUT2D eigenvalue weighted by Gasteiger charge is -2.14. The van der Waals surface area contributed by atoms with Gasteiger partial charge in [-0.15, -0.1) is 0 Å². The molecule has 5 nitrogen and oxygen atoms in total. The van der Waals surface area contributed by atoms with Crippen molar-refractivity contribution in [3.05, 3.63) is 29.9 Å². The number of nitrogens with zero attached hydrogens (tertiary/aromatic N) is 3. The first-order valence-corrected chi connectivity index (χ1v) is 5.48. The van der Waals surface area contributed by atoms with Crippen LogP contribution in [0.1, 0.15) is 25.3 Å². The van der Waals surface area contributed by atoms with E-state index in [1.807, 2.05) is 26.8 Å². The summed E-state index contributed by atoms with van der Waals surface area (Å²) in [7, 11) is 0. The zero-order valence-electron chi connectivity index (χ0n) is 10.3. The number of aromatic nitrogens is 3. The van der Waals surface area contributed by atoms with E-state index < -0.39 is 0 Å². The van der Waals surface area contributed by atoms with Gasteiger partial charge in [-0.3, -0.25) is 4.98 Å². The van der Waals surface area contributed by atoms with E-state index in [4.69, 9.17) is 10.3 Å². The molecule has 0 atom stereocenters. The quantitative estimate of drug-likeness (QED) is 0.871. The zero-order valence-corrected chi connectivity index (χ0v) is 10.3. The van der Waals surface area contributed by atoms with Crippen LogP contribution in [-0.2, 0) is 6.42 Å². The Hall–Kier alpha value is -1.75. The Labute approximate surface area is 100 Å². The molecule has 2 aromatic heterocycles. The molecule has 0 radical (unpaired) electrons.